The number of benzene rings is 2. The minimum atomic E-state index is 0.636. The lowest BCUT2D eigenvalue weighted by atomic mass is 10.1. The van der Waals surface area contributed by atoms with Crippen LogP contribution in [-0.2, 0) is 6.61 Å². The van der Waals surface area contributed by atoms with Crippen LogP contribution in [0.25, 0.3) is 0 Å². The highest BCUT2D eigenvalue weighted by Crippen LogP contribution is 2.13. The van der Waals surface area contributed by atoms with Crippen molar-refractivity contribution in [1.29, 1.82) is 0 Å². The summed E-state index contributed by atoms with van der Waals surface area (Å²) in [4.78, 5) is 0. The minimum absolute atomic E-state index is 0.636. The van der Waals surface area contributed by atoms with Gasteiger partial charge in [-0.25, -0.2) is 0 Å². The monoisotopic (exact) mass is 198 g/mol. The van der Waals surface area contributed by atoms with Crippen LogP contribution in [0, 0.1) is 6.92 Å². The number of rotatable bonds is 3. The van der Waals surface area contributed by atoms with Crippen molar-refractivity contribution in [1.82, 2.24) is 0 Å². The van der Waals surface area contributed by atoms with Crippen molar-refractivity contribution in [2.24, 2.45) is 0 Å². The van der Waals surface area contributed by atoms with E-state index in [4.69, 9.17) is 4.74 Å². The number of aryl methyl sites for hydroxylation is 1. The first-order chi connectivity index (χ1) is 7.36. The molecule has 0 saturated carbocycles. The summed E-state index contributed by atoms with van der Waals surface area (Å²) >= 11 is 0. The Hall–Kier alpha value is -1.76. The quantitative estimate of drug-likeness (QED) is 0.732. The second-order valence-corrected chi connectivity index (χ2v) is 3.53. The van der Waals surface area contributed by atoms with Gasteiger partial charge in [-0.15, -0.1) is 0 Å². The van der Waals surface area contributed by atoms with Crippen molar-refractivity contribution in [3.05, 3.63) is 65.7 Å². The maximum atomic E-state index is 5.67. The molecule has 1 heteroatoms. The van der Waals surface area contributed by atoms with Gasteiger partial charge in [-0.2, -0.15) is 0 Å². The molecule has 0 atom stereocenters. The molecule has 0 N–H and O–H groups in total. The Labute approximate surface area is 90.3 Å². The maximum absolute atomic E-state index is 5.67. The van der Waals surface area contributed by atoms with E-state index in [9.17, 15) is 0 Å². The molecule has 0 amide bonds. The van der Waals surface area contributed by atoms with Crippen LogP contribution < -0.4 is 4.74 Å². The number of ether oxygens (including phenoxy) is 1. The van der Waals surface area contributed by atoms with E-state index in [-0.39, 0.29) is 0 Å². The average Bonchev–Trinajstić information content (AvgIpc) is 2.29. The molecule has 0 unspecified atom stereocenters. The van der Waals surface area contributed by atoms with E-state index in [2.05, 4.69) is 19.1 Å². The van der Waals surface area contributed by atoms with Crippen molar-refractivity contribution < 1.29 is 4.74 Å². The zero-order chi connectivity index (χ0) is 10.5. The summed E-state index contributed by atoms with van der Waals surface area (Å²) in [7, 11) is 0. The average molecular weight is 198 g/mol. The predicted molar refractivity (Wildman–Crippen MR) is 62.0 cm³/mol. The summed E-state index contributed by atoms with van der Waals surface area (Å²) in [6.07, 6.45) is 0. The van der Waals surface area contributed by atoms with Crippen LogP contribution in [0.15, 0.2) is 54.6 Å². The van der Waals surface area contributed by atoms with Crippen LogP contribution in [0.1, 0.15) is 11.1 Å². The largest absolute Gasteiger partial charge is 0.489 e. The molecule has 0 spiro atoms. The highest BCUT2D eigenvalue weighted by molar-refractivity contribution is 5.26. The van der Waals surface area contributed by atoms with E-state index < -0.39 is 0 Å². The summed E-state index contributed by atoms with van der Waals surface area (Å²) in [5, 5.41) is 0. The Morgan fingerprint density at radius 2 is 1.53 bits per heavy atom. The van der Waals surface area contributed by atoms with E-state index in [1.165, 1.54) is 11.1 Å². The molecule has 0 saturated heterocycles. The molecule has 0 aromatic heterocycles. The van der Waals surface area contributed by atoms with Gasteiger partial charge in [-0.05, 0) is 30.2 Å². The Bertz CT molecular complexity index is 420. The highest BCUT2D eigenvalue weighted by Gasteiger charge is 1.97. The molecule has 0 heterocycles. The van der Waals surface area contributed by atoms with Gasteiger partial charge in [0.25, 0.3) is 0 Å². The SMILES string of the molecule is Cc1ccccc1COc1ccccc1. The van der Waals surface area contributed by atoms with Gasteiger partial charge in [0.1, 0.15) is 12.4 Å². The predicted octanol–water partition coefficient (Wildman–Crippen LogP) is 3.57. The first-order valence-electron chi connectivity index (χ1n) is 5.08. The van der Waals surface area contributed by atoms with Crippen LogP contribution in [-0.4, -0.2) is 0 Å². The topological polar surface area (TPSA) is 9.23 Å². The lowest BCUT2D eigenvalue weighted by Crippen LogP contribution is -1.97. The molecular weight excluding hydrogens is 184 g/mol. The zero-order valence-electron chi connectivity index (χ0n) is 8.81. The van der Waals surface area contributed by atoms with E-state index in [0.717, 1.165) is 5.75 Å². The van der Waals surface area contributed by atoms with E-state index >= 15 is 0 Å². The van der Waals surface area contributed by atoms with Crippen LogP contribution in [0.3, 0.4) is 0 Å². The summed E-state index contributed by atoms with van der Waals surface area (Å²) in [5.41, 5.74) is 2.51. The fraction of sp³-hybridized carbons (Fsp3) is 0.143. The normalized spacial score (nSPS) is 9.93. The van der Waals surface area contributed by atoms with E-state index in [1.54, 1.807) is 0 Å². The fourth-order valence-corrected chi connectivity index (χ4v) is 1.45. The highest BCUT2D eigenvalue weighted by atomic mass is 16.5. The minimum Gasteiger partial charge on any atom is -0.489 e. The number of hydrogen-bond donors (Lipinski definition) is 0. The summed E-state index contributed by atoms with van der Waals surface area (Å²) in [6.45, 7) is 2.74. The smallest absolute Gasteiger partial charge is 0.119 e. The lowest BCUT2D eigenvalue weighted by Gasteiger charge is -2.07. The molecule has 0 aliphatic carbocycles. The summed E-state index contributed by atoms with van der Waals surface area (Å²) in [5.74, 6) is 0.917. The summed E-state index contributed by atoms with van der Waals surface area (Å²) in [6, 6.07) is 18.2. The molecule has 0 aliphatic rings. The fourth-order valence-electron chi connectivity index (χ4n) is 1.45. The molecule has 1 nitrogen and oxygen atoms in total. The van der Waals surface area contributed by atoms with Gasteiger partial charge in [0.05, 0.1) is 0 Å². The molecule has 0 fully saturated rings. The third kappa shape index (κ3) is 2.59. The van der Waals surface area contributed by atoms with Gasteiger partial charge in [0.15, 0.2) is 0 Å². The van der Waals surface area contributed by atoms with Crippen molar-refractivity contribution >= 4 is 0 Å². The second-order valence-electron chi connectivity index (χ2n) is 3.53. The molecule has 2 aromatic rings. The molecule has 0 radical (unpaired) electrons. The zero-order valence-corrected chi connectivity index (χ0v) is 8.81. The van der Waals surface area contributed by atoms with Crippen molar-refractivity contribution in [2.45, 2.75) is 13.5 Å². The Balaban J connectivity index is 2.03. The third-order valence-corrected chi connectivity index (χ3v) is 2.40. The molecule has 15 heavy (non-hydrogen) atoms. The first kappa shape index (κ1) is 9.78. The molecular formula is C14H14O. The summed E-state index contributed by atoms with van der Waals surface area (Å²) < 4.78 is 5.67. The molecule has 0 aliphatic heterocycles. The van der Waals surface area contributed by atoms with Gasteiger partial charge in [0.2, 0.25) is 0 Å². The first-order valence-corrected chi connectivity index (χ1v) is 5.08. The Morgan fingerprint density at radius 3 is 2.27 bits per heavy atom. The maximum Gasteiger partial charge on any atom is 0.119 e. The Morgan fingerprint density at radius 1 is 0.867 bits per heavy atom. The standard InChI is InChI=1S/C14H14O/c1-12-7-5-6-8-13(12)11-15-14-9-3-2-4-10-14/h2-10H,11H2,1H3. The van der Waals surface area contributed by atoms with Gasteiger partial charge in [-0.1, -0.05) is 42.5 Å². The lowest BCUT2D eigenvalue weighted by molar-refractivity contribution is 0.305. The molecule has 0 bridgehead atoms. The van der Waals surface area contributed by atoms with E-state index in [1.807, 2.05) is 42.5 Å². The number of hydrogen-bond acceptors (Lipinski definition) is 1. The van der Waals surface area contributed by atoms with Gasteiger partial charge < -0.3 is 4.74 Å². The van der Waals surface area contributed by atoms with Crippen molar-refractivity contribution in [3.8, 4) is 5.75 Å². The van der Waals surface area contributed by atoms with Crippen LogP contribution in [0.4, 0.5) is 0 Å². The van der Waals surface area contributed by atoms with Crippen LogP contribution >= 0.6 is 0 Å². The van der Waals surface area contributed by atoms with Crippen molar-refractivity contribution in [3.63, 3.8) is 0 Å². The van der Waals surface area contributed by atoms with Gasteiger partial charge >= 0.3 is 0 Å². The number of para-hydroxylation sites is 1. The second kappa shape index (κ2) is 4.65. The van der Waals surface area contributed by atoms with Crippen LogP contribution in [0.2, 0.25) is 0 Å². The molecule has 2 aromatic carbocycles. The van der Waals surface area contributed by atoms with Gasteiger partial charge in [0, 0.05) is 0 Å². The van der Waals surface area contributed by atoms with E-state index in [0.29, 0.717) is 6.61 Å². The Kier molecular flexibility index (Phi) is 3.03. The molecule has 76 valence electrons. The van der Waals surface area contributed by atoms with Crippen LogP contribution in [0.5, 0.6) is 5.75 Å². The van der Waals surface area contributed by atoms with Crippen molar-refractivity contribution in [2.75, 3.05) is 0 Å². The molecule has 2 rings (SSSR count). The van der Waals surface area contributed by atoms with Gasteiger partial charge in [-0.3, -0.25) is 0 Å². The third-order valence-electron chi connectivity index (χ3n) is 2.40.